The SMILES string of the molecule is CC(C)c1cc(C(=O)N2CCN(C)CC2)nc(N(C)C)n1. The first kappa shape index (κ1) is 15.7. The number of hydrogen-bond acceptors (Lipinski definition) is 5. The summed E-state index contributed by atoms with van der Waals surface area (Å²) in [5.74, 6) is 0.875. The van der Waals surface area contributed by atoms with Gasteiger partial charge < -0.3 is 14.7 Å². The molecule has 1 aliphatic rings. The number of rotatable bonds is 3. The highest BCUT2D eigenvalue weighted by Gasteiger charge is 2.23. The molecule has 1 amide bonds. The van der Waals surface area contributed by atoms with E-state index < -0.39 is 0 Å². The first-order valence-corrected chi connectivity index (χ1v) is 7.42. The molecule has 0 aliphatic carbocycles. The largest absolute Gasteiger partial charge is 0.347 e. The number of amides is 1. The number of carbonyl (C=O) groups is 1. The minimum absolute atomic E-state index is 0.00972. The monoisotopic (exact) mass is 291 g/mol. The summed E-state index contributed by atoms with van der Waals surface area (Å²) in [6.45, 7) is 7.49. The third kappa shape index (κ3) is 3.69. The van der Waals surface area contributed by atoms with E-state index in [-0.39, 0.29) is 11.8 Å². The molecule has 0 bridgehead atoms. The molecule has 6 heteroatoms. The van der Waals surface area contributed by atoms with Crippen molar-refractivity contribution in [3.05, 3.63) is 17.5 Å². The van der Waals surface area contributed by atoms with E-state index in [1.807, 2.05) is 30.0 Å². The molecule has 0 unspecified atom stereocenters. The van der Waals surface area contributed by atoms with Gasteiger partial charge in [-0.05, 0) is 19.0 Å². The summed E-state index contributed by atoms with van der Waals surface area (Å²) >= 11 is 0. The number of likely N-dealkylation sites (N-methyl/N-ethyl adjacent to an activating group) is 1. The van der Waals surface area contributed by atoms with Crippen LogP contribution in [-0.4, -0.2) is 73.0 Å². The molecular weight excluding hydrogens is 266 g/mol. The first-order chi connectivity index (χ1) is 9.88. The Hall–Kier alpha value is -1.69. The van der Waals surface area contributed by atoms with Crippen molar-refractivity contribution in [1.29, 1.82) is 0 Å². The molecule has 0 spiro atoms. The Morgan fingerprint density at radius 1 is 1.19 bits per heavy atom. The molecule has 0 N–H and O–H groups in total. The highest BCUT2D eigenvalue weighted by Crippen LogP contribution is 2.17. The summed E-state index contributed by atoms with van der Waals surface area (Å²) in [5, 5.41) is 0. The van der Waals surface area contributed by atoms with Crippen molar-refractivity contribution in [1.82, 2.24) is 19.8 Å². The average Bonchev–Trinajstić information content (AvgIpc) is 2.46. The Labute approximate surface area is 126 Å². The Morgan fingerprint density at radius 3 is 2.33 bits per heavy atom. The fourth-order valence-electron chi connectivity index (χ4n) is 2.23. The Balaban J connectivity index is 2.27. The van der Waals surface area contributed by atoms with E-state index >= 15 is 0 Å². The van der Waals surface area contributed by atoms with Crippen LogP contribution in [0, 0.1) is 0 Å². The standard InChI is InChI=1S/C15H25N5O/c1-11(2)12-10-13(17-15(16-12)18(3)4)14(21)20-8-6-19(5)7-9-20/h10-11H,6-9H2,1-5H3. The van der Waals surface area contributed by atoms with E-state index in [2.05, 4.69) is 35.8 Å². The van der Waals surface area contributed by atoms with Gasteiger partial charge in [-0.3, -0.25) is 4.79 Å². The number of carbonyl (C=O) groups excluding carboxylic acids is 1. The molecule has 1 aromatic heterocycles. The lowest BCUT2D eigenvalue weighted by molar-refractivity contribution is 0.0658. The predicted octanol–water partition coefficient (Wildman–Crippen LogP) is 1.05. The van der Waals surface area contributed by atoms with E-state index in [4.69, 9.17) is 0 Å². The van der Waals surface area contributed by atoms with Crippen LogP contribution in [0.4, 0.5) is 5.95 Å². The molecule has 1 saturated heterocycles. The Kier molecular flexibility index (Phi) is 4.77. The third-order valence-electron chi connectivity index (χ3n) is 3.74. The van der Waals surface area contributed by atoms with Crippen molar-refractivity contribution in [2.75, 3.05) is 52.2 Å². The molecule has 0 radical (unpaired) electrons. The maximum atomic E-state index is 12.7. The molecule has 21 heavy (non-hydrogen) atoms. The lowest BCUT2D eigenvalue weighted by Crippen LogP contribution is -2.47. The fourth-order valence-corrected chi connectivity index (χ4v) is 2.23. The Bertz CT molecular complexity index is 481. The van der Waals surface area contributed by atoms with Gasteiger partial charge in [0.15, 0.2) is 0 Å². The number of hydrogen-bond donors (Lipinski definition) is 0. The summed E-state index contributed by atoms with van der Waals surface area (Å²) in [4.78, 5) is 27.5. The van der Waals surface area contributed by atoms with Crippen LogP contribution < -0.4 is 4.90 Å². The average molecular weight is 291 g/mol. The van der Waals surface area contributed by atoms with Gasteiger partial charge in [0.2, 0.25) is 5.95 Å². The molecule has 0 saturated carbocycles. The minimum atomic E-state index is 0.00972. The molecule has 0 atom stereocenters. The van der Waals surface area contributed by atoms with Crippen molar-refractivity contribution >= 4 is 11.9 Å². The first-order valence-electron chi connectivity index (χ1n) is 7.42. The molecule has 2 rings (SSSR count). The van der Waals surface area contributed by atoms with Crippen LogP contribution in [0.5, 0.6) is 0 Å². The molecule has 1 fully saturated rings. The van der Waals surface area contributed by atoms with Crippen molar-refractivity contribution in [2.45, 2.75) is 19.8 Å². The molecule has 1 aliphatic heterocycles. The van der Waals surface area contributed by atoms with Crippen molar-refractivity contribution in [3.8, 4) is 0 Å². The second kappa shape index (κ2) is 6.39. The Morgan fingerprint density at radius 2 is 1.81 bits per heavy atom. The zero-order valence-corrected chi connectivity index (χ0v) is 13.6. The second-order valence-corrected chi connectivity index (χ2v) is 6.12. The van der Waals surface area contributed by atoms with Crippen molar-refractivity contribution < 1.29 is 4.79 Å². The molecule has 116 valence electrons. The van der Waals surface area contributed by atoms with Crippen molar-refractivity contribution in [3.63, 3.8) is 0 Å². The topological polar surface area (TPSA) is 52.6 Å². The second-order valence-electron chi connectivity index (χ2n) is 6.12. The van der Waals surface area contributed by atoms with Gasteiger partial charge in [-0.2, -0.15) is 0 Å². The third-order valence-corrected chi connectivity index (χ3v) is 3.74. The van der Waals surface area contributed by atoms with Crippen LogP contribution in [-0.2, 0) is 0 Å². The summed E-state index contributed by atoms with van der Waals surface area (Å²) in [5.41, 5.74) is 1.41. The smallest absolute Gasteiger partial charge is 0.272 e. The zero-order chi connectivity index (χ0) is 15.6. The minimum Gasteiger partial charge on any atom is -0.347 e. The van der Waals surface area contributed by atoms with E-state index in [0.717, 1.165) is 31.9 Å². The van der Waals surface area contributed by atoms with E-state index in [1.165, 1.54) is 0 Å². The maximum Gasteiger partial charge on any atom is 0.272 e. The number of anilines is 1. The van der Waals surface area contributed by atoms with Gasteiger partial charge >= 0.3 is 0 Å². The highest BCUT2D eigenvalue weighted by atomic mass is 16.2. The summed E-state index contributed by atoms with van der Waals surface area (Å²) in [7, 11) is 5.86. The summed E-state index contributed by atoms with van der Waals surface area (Å²) in [6, 6.07) is 1.83. The van der Waals surface area contributed by atoms with Crippen LogP contribution in [0.2, 0.25) is 0 Å². The van der Waals surface area contributed by atoms with Gasteiger partial charge in [0.25, 0.3) is 5.91 Å². The van der Waals surface area contributed by atoms with E-state index in [0.29, 0.717) is 11.6 Å². The van der Waals surface area contributed by atoms with Crippen LogP contribution in [0.1, 0.15) is 35.9 Å². The summed E-state index contributed by atoms with van der Waals surface area (Å²) in [6.07, 6.45) is 0. The number of nitrogens with zero attached hydrogens (tertiary/aromatic N) is 5. The zero-order valence-electron chi connectivity index (χ0n) is 13.6. The predicted molar refractivity (Wildman–Crippen MR) is 83.8 cm³/mol. The molecule has 0 aromatic carbocycles. The van der Waals surface area contributed by atoms with Gasteiger partial charge in [0.1, 0.15) is 5.69 Å². The quantitative estimate of drug-likeness (QED) is 0.833. The molecule has 6 nitrogen and oxygen atoms in total. The highest BCUT2D eigenvalue weighted by molar-refractivity contribution is 5.92. The van der Waals surface area contributed by atoms with Gasteiger partial charge in [-0.1, -0.05) is 13.8 Å². The maximum absolute atomic E-state index is 12.7. The normalized spacial score (nSPS) is 16.4. The van der Waals surface area contributed by atoms with Crippen LogP contribution >= 0.6 is 0 Å². The number of aromatic nitrogens is 2. The van der Waals surface area contributed by atoms with Gasteiger partial charge in [0.05, 0.1) is 0 Å². The molecule has 1 aromatic rings. The lowest BCUT2D eigenvalue weighted by atomic mass is 10.1. The van der Waals surface area contributed by atoms with E-state index in [1.54, 1.807) is 0 Å². The van der Waals surface area contributed by atoms with Crippen molar-refractivity contribution in [2.24, 2.45) is 0 Å². The van der Waals surface area contributed by atoms with Crippen LogP contribution in [0.3, 0.4) is 0 Å². The van der Waals surface area contributed by atoms with Crippen LogP contribution in [0.25, 0.3) is 0 Å². The van der Waals surface area contributed by atoms with Gasteiger partial charge in [0, 0.05) is 46.0 Å². The van der Waals surface area contributed by atoms with E-state index in [9.17, 15) is 4.79 Å². The lowest BCUT2D eigenvalue weighted by Gasteiger charge is -2.32. The molecule has 2 heterocycles. The van der Waals surface area contributed by atoms with Crippen LogP contribution in [0.15, 0.2) is 6.07 Å². The van der Waals surface area contributed by atoms with Gasteiger partial charge in [-0.15, -0.1) is 0 Å². The summed E-state index contributed by atoms with van der Waals surface area (Å²) < 4.78 is 0. The van der Waals surface area contributed by atoms with Gasteiger partial charge in [-0.25, -0.2) is 9.97 Å². The molecular formula is C15H25N5O. The number of piperazine rings is 1. The fraction of sp³-hybridized carbons (Fsp3) is 0.667.